The molecule has 0 aromatic heterocycles. The third kappa shape index (κ3) is 3.12. The summed E-state index contributed by atoms with van der Waals surface area (Å²) in [5.41, 5.74) is 1.60. The van der Waals surface area contributed by atoms with Crippen LogP contribution in [-0.4, -0.2) is 11.5 Å². The van der Waals surface area contributed by atoms with Crippen molar-refractivity contribution in [3.05, 3.63) is 29.8 Å². The molecule has 2 rings (SSSR count). The van der Waals surface area contributed by atoms with E-state index < -0.39 is 0 Å². The normalized spacial score (nSPS) is 19.1. The minimum absolute atomic E-state index is 0.120. The molecule has 0 aliphatic carbocycles. The van der Waals surface area contributed by atoms with Gasteiger partial charge >= 0.3 is 0 Å². The highest BCUT2D eigenvalue weighted by Gasteiger charge is 2.30. The lowest BCUT2D eigenvalue weighted by atomic mass is 9.77. The molecule has 0 N–H and O–H groups in total. The molecule has 0 radical (unpaired) electrons. The topological polar surface area (TPSA) is 17.1 Å². The van der Waals surface area contributed by atoms with Gasteiger partial charge in [-0.05, 0) is 36.3 Å². The molecule has 0 spiro atoms. The van der Waals surface area contributed by atoms with Gasteiger partial charge in [0, 0.05) is 17.1 Å². The summed E-state index contributed by atoms with van der Waals surface area (Å²) in [6, 6.07) is 8.67. The first-order valence-electron chi connectivity index (χ1n) is 6.19. The van der Waals surface area contributed by atoms with Crippen molar-refractivity contribution in [3.8, 4) is 0 Å². The van der Waals surface area contributed by atoms with Crippen LogP contribution in [0.4, 0.5) is 0 Å². The Morgan fingerprint density at radius 3 is 2.82 bits per heavy atom. The number of ketones is 1. The highest BCUT2D eigenvalue weighted by atomic mass is 32.2. The predicted molar refractivity (Wildman–Crippen MR) is 73.6 cm³/mol. The highest BCUT2D eigenvalue weighted by Crippen LogP contribution is 2.45. The van der Waals surface area contributed by atoms with Crippen LogP contribution >= 0.6 is 11.8 Å². The highest BCUT2D eigenvalue weighted by molar-refractivity contribution is 7.99. The summed E-state index contributed by atoms with van der Waals surface area (Å²) in [7, 11) is 0. The maximum Gasteiger partial charge on any atom is 0.130 e. The van der Waals surface area contributed by atoms with E-state index in [-0.39, 0.29) is 5.41 Å². The lowest BCUT2D eigenvalue weighted by molar-refractivity contribution is -0.118. The van der Waals surface area contributed by atoms with Gasteiger partial charge in [-0.15, -0.1) is 11.8 Å². The molecule has 92 valence electrons. The third-order valence-electron chi connectivity index (χ3n) is 3.33. The zero-order chi connectivity index (χ0) is 12.5. The fraction of sp³-hybridized carbons (Fsp3) is 0.533. The lowest BCUT2D eigenvalue weighted by Gasteiger charge is -2.27. The Morgan fingerprint density at radius 2 is 2.12 bits per heavy atom. The van der Waals surface area contributed by atoms with Crippen LogP contribution < -0.4 is 0 Å². The average Bonchev–Trinajstić information content (AvgIpc) is 2.59. The summed E-state index contributed by atoms with van der Waals surface area (Å²) in [5, 5.41) is 0. The second-order valence-electron chi connectivity index (χ2n) is 5.79. The molecule has 1 aliphatic rings. The Labute approximate surface area is 108 Å². The van der Waals surface area contributed by atoms with Gasteiger partial charge in [-0.25, -0.2) is 0 Å². The number of thioether (sulfide) groups is 1. The Balaban J connectivity index is 2.09. The fourth-order valence-corrected chi connectivity index (χ4v) is 4.07. The summed E-state index contributed by atoms with van der Waals surface area (Å²) in [6.07, 6.45) is 1.80. The Hall–Kier alpha value is -0.760. The molecule has 1 atom stereocenters. The molecule has 1 nitrogen and oxygen atoms in total. The van der Waals surface area contributed by atoms with Crippen molar-refractivity contribution in [1.29, 1.82) is 0 Å². The second-order valence-corrected chi connectivity index (χ2v) is 6.85. The fourth-order valence-electron chi connectivity index (χ4n) is 2.81. The van der Waals surface area contributed by atoms with Crippen molar-refractivity contribution in [3.63, 3.8) is 0 Å². The lowest BCUT2D eigenvalue weighted by Crippen LogP contribution is -2.19. The van der Waals surface area contributed by atoms with Gasteiger partial charge in [0.05, 0.1) is 0 Å². The SMILES string of the molecule is CC(=O)CC(C)(C)CC1CSc2ccccc21. The van der Waals surface area contributed by atoms with Crippen molar-refractivity contribution in [2.24, 2.45) is 5.41 Å². The molecule has 0 saturated carbocycles. The van der Waals surface area contributed by atoms with E-state index in [1.807, 2.05) is 11.8 Å². The van der Waals surface area contributed by atoms with Gasteiger partial charge in [0.1, 0.15) is 5.78 Å². The minimum atomic E-state index is 0.120. The predicted octanol–water partition coefficient (Wildman–Crippen LogP) is 4.27. The molecule has 0 fully saturated rings. The van der Waals surface area contributed by atoms with E-state index >= 15 is 0 Å². The van der Waals surface area contributed by atoms with E-state index in [1.165, 1.54) is 16.2 Å². The second kappa shape index (κ2) is 4.85. The third-order valence-corrected chi connectivity index (χ3v) is 4.58. The van der Waals surface area contributed by atoms with Gasteiger partial charge < -0.3 is 4.79 Å². The first kappa shape index (κ1) is 12.7. The molecule has 0 amide bonds. The summed E-state index contributed by atoms with van der Waals surface area (Å²) in [5.74, 6) is 2.08. The molecule has 1 unspecified atom stereocenters. The van der Waals surface area contributed by atoms with Gasteiger partial charge in [-0.3, -0.25) is 0 Å². The largest absolute Gasteiger partial charge is 0.300 e. The van der Waals surface area contributed by atoms with E-state index in [0.29, 0.717) is 18.1 Å². The minimum Gasteiger partial charge on any atom is -0.300 e. The van der Waals surface area contributed by atoms with E-state index in [2.05, 4.69) is 38.1 Å². The smallest absolute Gasteiger partial charge is 0.130 e. The number of benzene rings is 1. The molecule has 1 aromatic carbocycles. The molecule has 0 bridgehead atoms. The van der Waals surface area contributed by atoms with Gasteiger partial charge in [-0.1, -0.05) is 32.0 Å². The number of rotatable bonds is 4. The molecular formula is C15H20OS. The number of hydrogen-bond donors (Lipinski definition) is 0. The van der Waals surface area contributed by atoms with Crippen LogP contribution in [0.15, 0.2) is 29.2 Å². The van der Waals surface area contributed by atoms with Crippen molar-refractivity contribution in [2.75, 3.05) is 5.75 Å². The molecular weight excluding hydrogens is 228 g/mol. The summed E-state index contributed by atoms with van der Waals surface area (Å²) >= 11 is 1.95. The summed E-state index contributed by atoms with van der Waals surface area (Å²) in [6.45, 7) is 6.11. The van der Waals surface area contributed by atoms with Crippen LogP contribution in [-0.2, 0) is 4.79 Å². The van der Waals surface area contributed by atoms with Crippen LogP contribution in [0.25, 0.3) is 0 Å². The molecule has 0 saturated heterocycles. The number of carbonyl (C=O) groups excluding carboxylic acids is 1. The van der Waals surface area contributed by atoms with E-state index in [0.717, 1.165) is 6.42 Å². The van der Waals surface area contributed by atoms with E-state index in [9.17, 15) is 4.79 Å². The molecule has 17 heavy (non-hydrogen) atoms. The first-order chi connectivity index (χ1) is 7.98. The Bertz CT molecular complexity index is 423. The maximum absolute atomic E-state index is 11.3. The number of Topliss-reactive ketones (excluding diaryl/α,β-unsaturated/α-hetero) is 1. The summed E-state index contributed by atoms with van der Waals surface area (Å²) in [4.78, 5) is 12.7. The number of carbonyl (C=O) groups is 1. The summed E-state index contributed by atoms with van der Waals surface area (Å²) < 4.78 is 0. The van der Waals surface area contributed by atoms with Gasteiger partial charge in [-0.2, -0.15) is 0 Å². The standard InChI is InChI=1S/C15H20OS/c1-11(16)8-15(2,3)9-12-10-17-14-7-5-4-6-13(12)14/h4-7,12H,8-10H2,1-3H3. The van der Waals surface area contributed by atoms with Crippen molar-refractivity contribution < 1.29 is 4.79 Å². The quantitative estimate of drug-likeness (QED) is 0.791. The first-order valence-corrected chi connectivity index (χ1v) is 7.18. The zero-order valence-electron chi connectivity index (χ0n) is 10.8. The van der Waals surface area contributed by atoms with Crippen LogP contribution in [0.1, 0.15) is 45.1 Å². The van der Waals surface area contributed by atoms with Gasteiger partial charge in [0.2, 0.25) is 0 Å². The van der Waals surface area contributed by atoms with Gasteiger partial charge in [0.25, 0.3) is 0 Å². The van der Waals surface area contributed by atoms with Crippen LogP contribution in [0, 0.1) is 5.41 Å². The maximum atomic E-state index is 11.3. The monoisotopic (exact) mass is 248 g/mol. The molecule has 1 heterocycles. The van der Waals surface area contributed by atoms with Crippen molar-refractivity contribution in [2.45, 2.75) is 44.4 Å². The zero-order valence-corrected chi connectivity index (χ0v) is 11.6. The van der Waals surface area contributed by atoms with E-state index in [4.69, 9.17) is 0 Å². The van der Waals surface area contributed by atoms with Crippen LogP contribution in [0.2, 0.25) is 0 Å². The molecule has 1 aromatic rings. The number of fused-ring (bicyclic) bond motifs is 1. The van der Waals surface area contributed by atoms with Gasteiger partial charge in [0.15, 0.2) is 0 Å². The van der Waals surface area contributed by atoms with Crippen molar-refractivity contribution in [1.82, 2.24) is 0 Å². The Morgan fingerprint density at radius 1 is 1.41 bits per heavy atom. The molecule has 1 aliphatic heterocycles. The average molecular weight is 248 g/mol. The van der Waals surface area contributed by atoms with E-state index in [1.54, 1.807) is 6.92 Å². The molecule has 2 heteroatoms. The van der Waals surface area contributed by atoms with Crippen molar-refractivity contribution >= 4 is 17.5 Å². The van der Waals surface area contributed by atoms with Crippen LogP contribution in [0.5, 0.6) is 0 Å². The van der Waals surface area contributed by atoms with Crippen LogP contribution in [0.3, 0.4) is 0 Å². The Kier molecular flexibility index (Phi) is 3.62. The number of hydrogen-bond acceptors (Lipinski definition) is 2.